The number of aliphatic imine (C=N–C) groups is 1. The Labute approximate surface area is 142 Å². The van der Waals surface area contributed by atoms with Crippen molar-refractivity contribution in [2.24, 2.45) is 4.99 Å². The van der Waals surface area contributed by atoms with Gasteiger partial charge in [0.25, 0.3) is 0 Å². The van der Waals surface area contributed by atoms with Gasteiger partial charge in [0.05, 0.1) is 18.7 Å². The van der Waals surface area contributed by atoms with E-state index in [2.05, 4.69) is 9.98 Å². The molecule has 0 atom stereocenters. The zero-order chi connectivity index (χ0) is 18.1. The van der Waals surface area contributed by atoms with Crippen LogP contribution in [-0.4, -0.2) is 54.3 Å². The number of ketones is 2. The molecule has 130 valence electrons. The predicted molar refractivity (Wildman–Crippen MR) is 86.0 cm³/mol. The van der Waals surface area contributed by atoms with Crippen LogP contribution in [0, 0.1) is 11.6 Å². The molecular formula is C17H15F2N3O3. The lowest BCUT2D eigenvalue weighted by Crippen LogP contribution is -2.27. The van der Waals surface area contributed by atoms with Crippen LogP contribution < -0.4 is 0 Å². The van der Waals surface area contributed by atoms with Crippen LogP contribution in [0.5, 0.6) is 0 Å². The molecule has 6 nitrogen and oxygen atoms in total. The van der Waals surface area contributed by atoms with Crippen molar-refractivity contribution in [1.29, 1.82) is 0 Å². The van der Waals surface area contributed by atoms with Gasteiger partial charge in [-0.1, -0.05) is 0 Å². The molecule has 1 aliphatic carbocycles. The number of nitrogens with zero attached hydrogens (tertiary/aromatic N) is 3. The molecule has 0 bridgehead atoms. The van der Waals surface area contributed by atoms with Crippen molar-refractivity contribution >= 4 is 17.3 Å². The van der Waals surface area contributed by atoms with E-state index in [0.29, 0.717) is 19.2 Å². The molecule has 1 aliphatic rings. The van der Waals surface area contributed by atoms with Crippen LogP contribution in [0.25, 0.3) is 11.5 Å². The van der Waals surface area contributed by atoms with Gasteiger partial charge in [0.1, 0.15) is 11.6 Å². The molecule has 0 saturated carbocycles. The highest BCUT2D eigenvalue weighted by Crippen LogP contribution is 2.27. The van der Waals surface area contributed by atoms with E-state index < -0.39 is 23.2 Å². The topological polar surface area (TPSA) is 75.8 Å². The summed E-state index contributed by atoms with van der Waals surface area (Å²) in [5, 5.41) is 0. The van der Waals surface area contributed by atoms with Crippen molar-refractivity contribution in [2.45, 2.75) is 6.42 Å². The minimum atomic E-state index is -0.810. The van der Waals surface area contributed by atoms with Gasteiger partial charge in [-0.15, -0.1) is 0 Å². The Morgan fingerprint density at radius 1 is 1.20 bits per heavy atom. The zero-order valence-electron chi connectivity index (χ0n) is 13.7. The van der Waals surface area contributed by atoms with Crippen molar-refractivity contribution in [2.75, 3.05) is 27.2 Å². The molecule has 0 radical (unpaired) electrons. The second-order valence-corrected chi connectivity index (χ2v) is 5.92. The van der Waals surface area contributed by atoms with Gasteiger partial charge in [-0.25, -0.2) is 13.8 Å². The van der Waals surface area contributed by atoms with Crippen LogP contribution in [0.1, 0.15) is 27.5 Å². The molecule has 0 spiro atoms. The molecule has 0 N–H and O–H groups in total. The highest BCUT2D eigenvalue weighted by molar-refractivity contribution is 6.51. The van der Waals surface area contributed by atoms with Crippen LogP contribution in [0.15, 0.2) is 27.6 Å². The molecule has 0 amide bonds. The van der Waals surface area contributed by atoms with Gasteiger partial charge >= 0.3 is 0 Å². The number of likely N-dealkylation sites (N-methyl/N-ethyl adjacent to an activating group) is 1. The van der Waals surface area contributed by atoms with Crippen LogP contribution >= 0.6 is 0 Å². The molecule has 3 rings (SSSR count). The largest absolute Gasteiger partial charge is 0.432 e. The summed E-state index contributed by atoms with van der Waals surface area (Å²) in [6.07, 6.45) is -0.164. The van der Waals surface area contributed by atoms with E-state index in [-0.39, 0.29) is 35.0 Å². The summed E-state index contributed by atoms with van der Waals surface area (Å²) >= 11 is 0. The minimum absolute atomic E-state index is 0.0126. The smallest absolute Gasteiger partial charge is 0.244 e. The number of benzene rings is 1. The lowest BCUT2D eigenvalue weighted by Gasteiger charge is -2.10. The predicted octanol–water partition coefficient (Wildman–Crippen LogP) is 2.39. The average molecular weight is 347 g/mol. The van der Waals surface area contributed by atoms with E-state index in [9.17, 15) is 18.4 Å². The maximum Gasteiger partial charge on any atom is 0.244 e. The molecular weight excluding hydrogens is 332 g/mol. The van der Waals surface area contributed by atoms with E-state index in [1.54, 1.807) is 0 Å². The molecule has 8 heteroatoms. The summed E-state index contributed by atoms with van der Waals surface area (Å²) < 4.78 is 32.0. The first-order valence-corrected chi connectivity index (χ1v) is 7.58. The molecule has 25 heavy (non-hydrogen) atoms. The number of rotatable bonds is 4. The Balaban J connectivity index is 1.95. The van der Waals surface area contributed by atoms with Crippen LogP contribution in [-0.2, 0) is 0 Å². The molecule has 1 aromatic heterocycles. The van der Waals surface area contributed by atoms with E-state index >= 15 is 0 Å². The van der Waals surface area contributed by atoms with Crippen molar-refractivity contribution < 1.29 is 22.8 Å². The summed E-state index contributed by atoms with van der Waals surface area (Å²) in [5.74, 6) is -2.97. The van der Waals surface area contributed by atoms with Gasteiger partial charge in [0.15, 0.2) is 11.5 Å². The summed E-state index contributed by atoms with van der Waals surface area (Å²) in [5.41, 5.74) is -0.0118. The zero-order valence-corrected chi connectivity index (χ0v) is 13.7. The molecule has 2 aromatic rings. The fraction of sp³-hybridized carbons (Fsp3) is 0.294. The second-order valence-electron chi connectivity index (χ2n) is 5.92. The molecule has 0 saturated heterocycles. The average Bonchev–Trinajstić information content (AvgIpc) is 2.97. The summed E-state index contributed by atoms with van der Waals surface area (Å²) in [6.45, 7) is 0.995. The van der Waals surface area contributed by atoms with E-state index in [1.807, 2.05) is 19.0 Å². The van der Waals surface area contributed by atoms with Crippen molar-refractivity contribution in [1.82, 2.24) is 9.88 Å². The van der Waals surface area contributed by atoms with Gasteiger partial charge in [0, 0.05) is 18.2 Å². The number of aromatic nitrogens is 1. The number of oxazole rings is 1. The molecule has 1 heterocycles. The first-order chi connectivity index (χ1) is 11.8. The normalized spacial score (nSPS) is 16.0. The Morgan fingerprint density at radius 2 is 1.88 bits per heavy atom. The SMILES string of the molecule is CN(C)CCN=C1CC(=O)c2nc(-c3cc(F)cc(F)c3)oc2C1=O. The van der Waals surface area contributed by atoms with Crippen LogP contribution in [0.3, 0.4) is 0 Å². The number of fused-ring (bicyclic) bond motifs is 1. The molecule has 0 fully saturated rings. The number of hydrogen-bond acceptors (Lipinski definition) is 6. The molecule has 0 aliphatic heterocycles. The number of Topliss-reactive ketones (excluding diaryl/α,β-unsaturated/α-hetero) is 2. The van der Waals surface area contributed by atoms with Gasteiger partial charge in [-0.05, 0) is 26.2 Å². The Kier molecular flexibility index (Phi) is 4.54. The van der Waals surface area contributed by atoms with E-state index in [4.69, 9.17) is 4.42 Å². The summed E-state index contributed by atoms with van der Waals surface area (Å²) in [4.78, 5) is 34.6. The Bertz CT molecular complexity index is 867. The lowest BCUT2D eigenvalue weighted by atomic mass is 9.97. The second kappa shape index (κ2) is 6.64. The van der Waals surface area contributed by atoms with E-state index in [0.717, 1.165) is 12.1 Å². The fourth-order valence-corrected chi connectivity index (χ4v) is 2.42. The first-order valence-electron chi connectivity index (χ1n) is 7.58. The fourth-order valence-electron chi connectivity index (χ4n) is 2.42. The standard InChI is InChI=1S/C17H15F2N3O3/c1-22(2)4-3-20-12-8-13(23)14-16(15(12)24)25-17(21-14)9-5-10(18)7-11(19)6-9/h5-7H,3-4,8H2,1-2H3. The van der Waals surface area contributed by atoms with Crippen molar-refractivity contribution in [3.8, 4) is 11.5 Å². The van der Waals surface area contributed by atoms with Crippen molar-refractivity contribution in [3.05, 3.63) is 41.3 Å². The van der Waals surface area contributed by atoms with Crippen LogP contribution in [0.4, 0.5) is 8.78 Å². The minimum Gasteiger partial charge on any atom is -0.432 e. The number of hydrogen-bond donors (Lipinski definition) is 0. The summed E-state index contributed by atoms with van der Waals surface area (Å²) in [6, 6.07) is 2.74. The van der Waals surface area contributed by atoms with Crippen LogP contribution in [0.2, 0.25) is 0 Å². The lowest BCUT2D eigenvalue weighted by molar-refractivity contribution is 0.0949. The number of halogens is 2. The van der Waals surface area contributed by atoms with Crippen molar-refractivity contribution in [3.63, 3.8) is 0 Å². The monoisotopic (exact) mass is 347 g/mol. The Morgan fingerprint density at radius 3 is 2.52 bits per heavy atom. The van der Waals surface area contributed by atoms with Gasteiger partial charge in [-0.3, -0.25) is 14.6 Å². The van der Waals surface area contributed by atoms with Gasteiger partial charge in [-0.2, -0.15) is 0 Å². The maximum absolute atomic E-state index is 13.4. The first kappa shape index (κ1) is 17.1. The highest BCUT2D eigenvalue weighted by atomic mass is 19.1. The quantitative estimate of drug-likeness (QED) is 0.849. The molecule has 1 aromatic carbocycles. The van der Waals surface area contributed by atoms with Gasteiger partial charge in [0.2, 0.25) is 17.4 Å². The number of carbonyl (C=O) groups is 2. The summed E-state index contributed by atoms with van der Waals surface area (Å²) in [7, 11) is 3.74. The van der Waals surface area contributed by atoms with E-state index in [1.165, 1.54) is 0 Å². The third-order valence-electron chi connectivity index (χ3n) is 3.65. The highest BCUT2D eigenvalue weighted by Gasteiger charge is 2.35. The maximum atomic E-state index is 13.4. The Hall–Kier alpha value is -2.74. The molecule has 0 unspecified atom stereocenters. The third-order valence-corrected chi connectivity index (χ3v) is 3.65. The third kappa shape index (κ3) is 3.53. The van der Waals surface area contributed by atoms with Gasteiger partial charge < -0.3 is 9.32 Å². The number of carbonyl (C=O) groups excluding carboxylic acids is 2.